The molecule has 5 heteroatoms. The number of piperidine rings is 1. The highest BCUT2D eigenvalue weighted by Gasteiger charge is 2.19. The maximum atomic E-state index is 12.9. The second-order valence-electron chi connectivity index (χ2n) is 6.95. The number of amides is 2. The number of anilines is 2. The molecule has 0 aliphatic carbocycles. The molecule has 0 aromatic heterocycles. The average molecular weight is 365 g/mol. The zero-order valence-electron chi connectivity index (χ0n) is 15.8. The fraction of sp³-hybridized carbons (Fsp3) is 0.364. The maximum absolute atomic E-state index is 12.9. The average Bonchev–Trinajstić information content (AvgIpc) is 2.69. The van der Waals surface area contributed by atoms with E-state index in [4.69, 9.17) is 0 Å². The molecule has 1 heterocycles. The number of hydrogen-bond donors (Lipinski definition) is 2. The summed E-state index contributed by atoms with van der Waals surface area (Å²) in [6.45, 7) is 3.97. The molecule has 27 heavy (non-hydrogen) atoms. The molecule has 0 radical (unpaired) electrons. The highest BCUT2D eigenvalue weighted by atomic mass is 16.2. The minimum absolute atomic E-state index is 0.0984. The van der Waals surface area contributed by atoms with Crippen LogP contribution in [0, 0.1) is 0 Å². The topological polar surface area (TPSA) is 61.4 Å². The lowest BCUT2D eigenvalue weighted by molar-refractivity contribution is -0.114. The summed E-state index contributed by atoms with van der Waals surface area (Å²) < 4.78 is 0. The van der Waals surface area contributed by atoms with E-state index >= 15 is 0 Å². The van der Waals surface area contributed by atoms with Crippen LogP contribution < -0.4 is 15.5 Å². The summed E-state index contributed by atoms with van der Waals surface area (Å²) >= 11 is 0. The first-order valence-electron chi connectivity index (χ1n) is 9.62. The highest BCUT2D eigenvalue weighted by Crippen LogP contribution is 2.27. The first-order chi connectivity index (χ1) is 13.1. The normalized spacial score (nSPS) is 13.9. The molecule has 5 nitrogen and oxygen atoms in total. The van der Waals surface area contributed by atoms with Crippen LogP contribution in [0.3, 0.4) is 0 Å². The zero-order valence-corrected chi connectivity index (χ0v) is 15.8. The Labute approximate surface area is 160 Å². The zero-order chi connectivity index (χ0) is 19.1. The number of carbonyl (C=O) groups excluding carboxylic acids is 2. The molecule has 1 aliphatic rings. The number of hydrogen-bond acceptors (Lipinski definition) is 3. The Morgan fingerprint density at radius 2 is 1.74 bits per heavy atom. The van der Waals surface area contributed by atoms with Crippen LogP contribution in [0.15, 0.2) is 48.5 Å². The molecule has 2 aromatic rings. The Morgan fingerprint density at radius 3 is 2.44 bits per heavy atom. The van der Waals surface area contributed by atoms with Crippen molar-refractivity contribution >= 4 is 23.2 Å². The Bertz CT molecular complexity index is 783. The Morgan fingerprint density at radius 1 is 1.00 bits per heavy atom. The van der Waals surface area contributed by atoms with Crippen molar-refractivity contribution in [1.29, 1.82) is 0 Å². The van der Waals surface area contributed by atoms with Crippen molar-refractivity contribution in [3.8, 4) is 0 Å². The number of benzene rings is 2. The van der Waals surface area contributed by atoms with Gasteiger partial charge in [-0.3, -0.25) is 9.59 Å². The van der Waals surface area contributed by atoms with E-state index in [0.717, 1.165) is 38.0 Å². The van der Waals surface area contributed by atoms with Gasteiger partial charge in [0, 0.05) is 37.9 Å². The van der Waals surface area contributed by atoms with E-state index < -0.39 is 0 Å². The van der Waals surface area contributed by atoms with Crippen LogP contribution in [-0.4, -0.2) is 31.4 Å². The van der Waals surface area contributed by atoms with Crippen LogP contribution >= 0.6 is 0 Å². The van der Waals surface area contributed by atoms with Gasteiger partial charge in [0.15, 0.2) is 0 Å². The number of nitrogens with zero attached hydrogens (tertiary/aromatic N) is 1. The van der Waals surface area contributed by atoms with Gasteiger partial charge in [0.1, 0.15) is 0 Å². The van der Waals surface area contributed by atoms with Crippen LogP contribution in [-0.2, 0) is 11.2 Å². The molecule has 0 unspecified atom stereocenters. The molecule has 142 valence electrons. The first kappa shape index (κ1) is 19.0. The van der Waals surface area contributed by atoms with Crippen molar-refractivity contribution in [2.75, 3.05) is 29.9 Å². The molecular weight excluding hydrogens is 338 g/mol. The van der Waals surface area contributed by atoms with E-state index in [2.05, 4.69) is 27.7 Å². The van der Waals surface area contributed by atoms with Crippen LogP contribution in [0.1, 0.15) is 42.1 Å². The van der Waals surface area contributed by atoms with Gasteiger partial charge in [-0.2, -0.15) is 0 Å². The van der Waals surface area contributed by atoms with Crippen LogP contribution in [0.5, 0.6) is 0 Å². The van der Waals surface area contributed by atoms with Gasteiger partial charge in [0.05, 0.1) is 5.56 Å². The smallest absolute Gasteiger partial charge is 0.253 e. The third-order valence-electron chi connectivity index (χ3n) is 4.80. The summed E-state index contributed by atoms with van der Waals surface area (Å²) in [4.78, 5) is 26.5. The molecule has 3 rings (SSSR count). The lowest BCUT2D eigenvalue weighted by Gasteiger charge is -2.30. The minimum atomic E-state index is -0.142. The van der Waals surface area contributed by atoms with E-state index in [1.54, 1.807) is 6.07 Å². The van der Waals surface area contributed by atoms with Gasteiger partial charge in [0.2, 0.25) is 5.91 Å². The molecule has 1 saturated heterocycles. The monoisotopic (exact) mass is 365 g/mol. The molecule has 0 atom stereocenters. The molecule has 0 saturated carbocycles. The number of carbonyl (C=O) groups is 2. The largest absolute Gasteiger partial charge is 0.371 e. The minimum Gasteiger partial charge on any atom is -0.371 e. The van der Waals surface area contributed by atoms with Crippen LogP contribution in [0.4, 0.5) is 11.4 Å². The quantitative estimate of drug-likeness (QED) is 0.822. The predicted octanol–water partition coefficient (Wildman–Crippen LogP) is 3.61. The van der Waals surface area contributed by atoms with Gasteiger partial charge in [0.25, 0.3) is 5.91 Å². The molecular formula is C22H27N3O2. The standard InChI is InChI=1S/C22H27N3O2/c1-17(26)24-19-10-11-21(25-14-6-3-7-15-25)20(16-19)22(27)23-13-12-18-8-4-2-5-9-18/h2,4-5,8-11,16H,3,6-7,12-15H2,1H3,(H,23,27)(H,24,26). The molecule has 1 fully saturated rings. The summed E-state index contributed by atoms with van der Waals surface area (Å²) in [5.41, 5.74) is 3.41. The maximum Gasteiger partial charge on any atom is 0.253 e. The summed E-state index contributed by atoms with van der Waals surface area (Å²) in [6, 6.07) is 15.7. The molecule has 1 aliphatic heterocycles. The molecule has 0 bridgehead atoms. The first-order valence-corrected chi connectivity index (χ1v) is 9.62. The van der Waals surface area contributed by atoms with Crippen LogP contribution in [0.25, 0.3) is 0 Å². The van der Waals surface area contributed by atoms with Gasteiger partial charge in [-0.15, -0.1) is 0 Å². The van der Waals surface area contributed by atoms with Crippen molar-refractivity contribution in [3.05, 3.63) is 59.7 Å². The van der Waals surface area contributed by atoms with Crippen LogP contribution in [0.2, 0.25) is 0 Å². The molecule has 2 N–H and O–H groups in total. The van der Waals surface area contributed by atoms with E-state index in [9.17, 15) is 9.59 Å². The second-order valence-corrected chi connectivity index (χ2v) is 6.95. The van der Waals surface area contributed by atoms with Gasteiger partial charge >= 0.3 is 0 Å². The fourth-order valence-electron chi connectivity index (χ4n) is 3.47. The van der Waals surface area contributed by atoms with E-state index in [0.29, 0.717) is 17.8 Å². The molecule has 2 amide bonds. The van der Waals surface area contributed by atoms with Gasteiger partial charge in [-0.05, 0) is 49.4 Å². The van der Waals surface area contributed by atoms with Gasteiger partial charge < -0.3 is 15.5 Å². The van der Waals surface area contributed by atoms with Gasteiger partial charge in [-0.1, -0.05) is 30.3 Å². The Balaban J connectivity index is 1.74. The number of rotatable bonds is 6. The van der Waals surface area contributed by atoms with Crippen molar-refractivity contribution < 1.29 is 9.59 Å². The summed E-state index contributed by atoms with van der Waals surface area (Å²) in [6.07, 6.45) is 4.31. The van der Waals surface area contributed by atoms with E-state index in [1.165, 1.54) is 18.9 Å². The molecule has 2 aromatic carbocycles. The highest BCUT2D eigenvalue weighted by molar-refractivity contribution is 6.02. The fourth-order valence-corrected chi connectivity index (χ4v) is 3.47. The van der Waals surface area contributed by atoms with Crippen molar-refractivity contribution in [3.63, 3.8) is 0 Å². The third kappa shape index (κ3) is 5.33. The summed E-state index contributed by atoms with van der Waals surface area (Å²) in [5.74, 6) is -0.241. The van der Waals surface area contributed by atoms with Crippen molar-refractivity contribution in [2.45, 2.75) is 32.6 Å². The number of nitrogens with one attached hydrogen (secondary N) is 2. The Kier molecular flexibility index (Phi) is 6.47. The third-order valence-corrected chi connectivity index (χ3v) is 4.80. The molecule has 0 spiro atoms. The van der Waals surface area contributed by atoms with E-state index in [-0.39, 0.29) is 11.8 Å². The predicted molar refractivity (Wildman–Crippen MR) is 109 cm³/mol. The lowest BCUT2D eigenvalue weighted by atomic mass is 10.1. The lowest BCUT2D eigenvalue weighted by Crippen LogP contribution is -2.33. The SMILES string of the molecule is CC(=O)Nc1ccc(N2CCCCC2)c(C(=O)NCCc2ccccc2)c1. The van der Waals surface area contributed by atoms with E-state index in [1.807, 2.05) is 30.3 Å². The van der Waals surface area contributed by atoms with Crippen molar-refractivity contribution in [2.24, 2.45) is 0 Å². The van der Waals surface area contributed by atoms with Gasteiger partial charge in [-0.25, -0.2) is 0 Å². The van der Waals surface area contributed by atoms with Crippen molar-refractivity contribution in [1.82, 2.24) is 5.32 Å². The second kappa shape index (κ2) is 9.21. The summed E-state index contributed by atoms with van der Waals surface area (Å²) in [7, 11) is 0. The summed E-state index contributed by atoms with van der Waals surface area (Å²) in [5, 5.41) is 5.80. The Hall–Kier alpha value is -2.82.